The Morgan fingerprint density at radius 2 is 0.625 bits per heavy atom. The first-order chi connectivity index (χ1) is 3.00. The number of hydrogen-bond acceptors (Lipinski definition) is 0. The van der Waals surface area contributed by atoms with Gasteiger partial charge in [0.25, 0.3) is 0 Å². The van der Waals surface area contributed by atoms with E-state index in [4.69, 9.17) is 0 Å². The van der Waals surface area contributed by atoms with Crippen LogP contribution in [0, 0.1) is 0 Å². The maximum atomic E-state index is 1.50. The van der Waals surface area contributed by atoms with Gasteiger partial charge in [-0.3, -0.25) is 0 Å². The molecule has 44 valence electrons. The third-order valence-electron chi connectivity index (χ3n) is 1.50. The molecule has 1 fully saturated rings. The summed E-state index contributed by atoms with van der Waals surface area (Å²) in [5.41, 5.74) is 0. The van der Waals surface area contributed by atoms with Crippen LogP contribution in [0.3, 0.4) is 0 Å². The fourth-order valence-corrected chi connectivity index (χ4v) is 1.06. The minimum absolute atomic E-state index is 0. The number of halogens is 1. The molecule has 0 unspecified atom stereocenters. The van der Waals surface area contributed by atoms with Crippen LogP contribution in [0.25, 0.3) is 0 Å². The second kappa shape index (κ2) is 8.29. The second-order valence-electron chi connectivity index (χ2n) is 2.12. The zero-order valence-corrected chi connectivity index (χ0v) is 8.38. The molecule has 1 aliphatic rings. The van der Waals surface area contributed by atoms with Crippen LogP contribution in [-0.4, -0.2) is 0 Å². The molecule has 0 heterocycles. The van der Waals surface area contributed by atoms with Gasteiger partial charge >= 0.3 is 29.6 Å². The fourth-order valence-electron chi connectivity index (χ4n) is 1.06. The molecule has 0 aromatic rings. The van der Waals surface area contributed by atoms with Gasteiger partial charge in [0, 0.05) is 0 Å². The average molecular weight is 143 g/mol. The van der Waals surface area contributed by atoms with E-state index in [9.17, 15) is 0 Å². The standard InChI is InChI=1S/C6H12.ClH.Na/c1-2-4-6-5-3-1;;/h1-6H2;1H;/q;;+1/p-1. The average Bonchev–Trinajstić information content (AvgIpc) is 1.72. The Balaban J connectivity index is 0. The first-order valence-corrected chi connectivity index (χ1v) is 3.00. The van der Waals surface area contributed by atoms with Crippen LogP contribution < -0.4 is 42.0 Å². The molecule has 0 bridgehead atoms. The second-order valence-corrected chi connectivity index (χ2v) is 2.12. The summed E-state index contributed by atoms with van der Waals surface area (Å²) < 4.78 is 0. The Morgan fingerprint density at radius 3 is 0.750 bits per heavy atom. The van der Waals surface area contributed by atoms with Gasteiger partial charge in [-0.25, -0.2) is 0 Å². The summed E-state index contributed by atoms with van der Waals surface area (Å²) in [6.45, 7) is 0. The zero-order valence-electron chi connectivity index (χ0n) is 5.62. The van der Waals surface area contributed by atoms with Crippen molar-refractivity contribution in [2.75, 3.05) is 0 Å². The predicted octanol–water partition coefficient (Wildman–Crippen LogP) is -3.65. The molecule has 1 aliphatic carbocycles. The molecule has 0 amide bonds. The summed E-state index contributed by atoms with van der Waals surface area (Å²) in [6.07, 6.45) is 9.00. The molecule has 0 aromatic carbocycles. The molecule has 8 heavy (non-hydrogen) atoms. The summed E-state index contributed by atoms with van der Waals surface area (Å²) >= 11 is 0. The topological polar surface area (TPSA) is 0 Å². The van der Waals surface area contributed by atoms with Gasteiger partial charge in [-0.2, -0.15) is 0 Å². The predicted molar refractivity (Wildman–Crippen MR) is 27.7 cm³/mol. The van der Waals surface area contributed by atoms with Crippen molar-refractivity contribution in [3.8, 4) is 0 Å². The van der Waals surface area contributed by atoms with Crippen molar-refractivity contribution in [2.45, 2.75) is 38.5 Å². The summed E-state index contributed by atoms with van der Waals surface area (Å²) in [5, 5.41) is 0. The van der Waals surface area contributed by atoms with Crippen LogP contribution in [0.1, 0.15) is 38.5 Å². The van der Waals surface area contributed by atoms with Crippen molar-refractivity contribution in [1.29, 1.82) is 0 Å². The normalized spacial score (nSPS) is 18.0. The van der Waals surface area contributed by atoms with Crippen molar-refractivity contribution in [2.24, 2.45) is 0 Å². The summed E-state index contributed by atoms with van der Waals surface area (Å²) in [5.74, 6) is 0. The maximum absolute atomic E-state index is 1.50. The van der Waals surface area contributed by atoms with E-state index in [-0.39, 0.29) is 42.0 Å². The Morgan fingerprint density at radius 1 is 0.500 bits per heavy atom. The Labute approximate surface area is 80.1 Å². The van der Waals surface area contributed by atoms with Gasteiger partial charge in [0.2, 0.25) is 0 Å². The number of hydrogen-bond donors (Lipinski definition) is 0. The first-order valence-electron chi connectivity index (χ1n) is 3.00. The SMILES string of the molecule is C1CCCCC1.[Cl-].[Na+]. The molecule has 0 N–H and O–H groups in total. The van der Waals surface area contributed by atoms with Crippen LogP contribution in [0.2, 0.25) is 0 Å². The molecular formula is C6H12ClNa. The summed E-state index contributed by atoms with van der Waals surface area (Å²) in [4.78, 5) is 0. The molecular weight excluding hydrogens is 131 g/mol. The van der Waals surface area contributed by atoms with Crippen LogP contribution in [0.4, 0.5) is 0 Å². The van der Waals surface area contributed by atoms with Gasteiger partial charge in [0.05, 0.1) is 0 Å². The quantitative estimate of drug-likeness (QED) is 0.306. The molecule has 0 aliphatic heterocycles. The molecule has 1 rings (SSSR count). The Bertz CT molecular complexity index is 24.0. The summed E-state index contributed by atoms with van der Waals surface area (Å²) in [6, 6.07) is 0. The molecule has 0 aromatic heterocycles. The van der Waals surface area contributed by atoms with Crippen LogP contribution in [-0.2, 0) is 0 Å². The molecule has 0 saturated heterocycles. The van der Waals surface area contributed by atoms with E-state index >= 15 is 0 Å². The van der Waals surface area contributed by atoms with Crippen molar-refractivity contribution >= 4 is 0 Å². The molecule has 1 saturated carbocycles. The van der Waals surface area contributed by atoms with Crippen LogP contribution in [0.5, 0.6) is 0 Å². The number of rotatable bonds is 0. The van der Waals surface area contributed by atoms with Crippen molar-refractivity contribution < 1.29 is 42.0 Å². The maximum Gasteiger partial charge on any atom is 1.00 e. The monoisotopic (exact) mass is 142 g/mol. The molecule has 0 radical (unpaired) electrons. The summed E-state index contributed by atoms with van der Waals surface area (Å²) in [7, 11) is 0. The Kier molecular flexibility index (Phi) is 12.4. The Hall–Kier alpha value is 1.29. The van der Waals surface area contributed by atoms with Gasteiger partial charge in [-0.05, 0) is 0 Å². The van der Waals surface area contributed by atoms with Gasteiger partial charge in [0.1, 0.15) is 0 Å². The van der Waals surface area contributed by atoms with Crippen LogP contribution >= 0.6 is 0 Å². The van der Waals surface area contributed by atoms with E-state index in [1.165, 1.54) is 38.5 Å². The van der Waals surface area contributed by atoms with Crippen LogP contribution in [0.15, 0.2) is 0 Å². The van der Waals surface area contributed by atoms with Gasteiger partial charge in [-0.1, -0.05) is 38.5 Å². The molecule has 0 atom stereocenters. The van der Waals surface area contributed by atoms with E-state index in [0.29, 0.717) is 0 Å². The van der Waals surface area contributed by atoms with Gasteiger partial charge in [-0.15, -0.1) is 0 Å². The minimum Gasteiger partial charge on any atom is -1.00 e. The third-order valence-corrected chi connectivity index (χ3v) is 1.50. The first kappa shape index (κ1) is 12.0. The largest absolute Gasteiger partial charge is 1.00 e. The zero-order chi connectivity index (χ0) is 4.24. The van der Waals surface area contributed by atoms with E-state index < -0.39 is 0 Å². The van der Waals surface area contributed by atoms with Gasteiger partial charge < -0.3 is 12.4 Å². The van der Waals surface area contributed by atoms with E-state index in [0.717, 1.165) is 0 Å². The van der Waals surface area contributed by atoms with E-state index in [1.807, 2.05) is 0 Å². The van der Waals surface area contributed by atoms with E-state index in [2.05, 4.69) is 0 Å². The molecule has 0 spiro atoms. The fraction of sp³-hybridized carbons (Fsp3) is 1.00. The van der Waals surface area contributed by atoms with Crippen molar-refractivity contribution in [3.63, 3.8) is 0 Å². The molecule has 0 nitrogen and oxygen atoms in total. The molecule has 2 heteroatoms. The smallest absolute Gasteiger partial charge is 1.00 e. The van der Waals surface area contributed by atoms with Gasteiger partial charge in [0.15, 0.2) is 0 Å². The van der Waals surface area contributed by atoms with Crippen molar-refractivity contribution in [1.82, 2.24) is 0 Å². The minimum atomic E-state index is 0. The third kappa shape index (κ3) is 5.43. The van der Waals surface area contributed by atoms with Crippen molar-refractivity contribution in [3.05, 3.63) is 0 Å². The van der Waals surface area contributed by atoms with E-state index in [1.54, 1.807) is 0 Å².